The van der Waals surface area contributed by atoms with E-state index in [1.165, 1.54) is 23.9 Å². The van der Waals surface area contributed by atoms with Crippen molar-refractivity contribution < 1.29 is 18.7 Å². The molecular formula is C22H23FN2O3S. The summed E-state index contributed by atoms with van der Waals surface area (Å²) in [5.41, 5.74) is 3.73. The molecule has 1 heterocycles. The first-order chi connectivity index (χ1) is 13.9. The molecule has 0 aliphatic carbocycles. The smallest absolute Gasteiger partial charge is 0.338 e. The van der Waals surface area contributed by atoms with Gasteiger partial charge in [-0.2, -0.15) is 0 Å². The molecule has 3 rings (SSSR count). The van der Waals surface area contributed by atoms with Crippen molar-refractivity contribution in [3.05, 3.63) is 76.2 Å². The summed E-state index contributed by atoms with van der Waals surface area (Å²) >= 11 is 1.41. The molecule has 152 valence electrons. The van der Waals surface area contributed by atoms with Gasteiger partial charge in [0.05, 0.1) is 18.2 Å². The average molecular weight is 415 g/mol. The molecule has 0 radical (unpaired) electrons. The first-order valence-corrected chi connectivity index (χ1v) is 10.3. The second-order valence-electron chi connectivity index (χ2n) is 6.75. The number of carbonyl (C=O) groups excluding carboxylic acids is 2. The zero-order valence-electron chi connectivity index (χ0n) is 16.5. The zero-order chi connectivity index (χ0) is 21.0. The molecule has 0 spiro atoms. The molecule has 2 aromatic carbocycles. The molecule has 29 heavy (non-hydrogen) atoms. The second-order valence-corrected chi connectivity index (χ2v) is 7.80. The van der Waals surface area contributed by atoms with E-state index in [4.69, 9.17) is 4.74 Å². The van der Waals surface area contributed by atoms with Crippen LogP contribution in [0.1, 0.15) is 29.7 Å². The molecule has 0 fully saturated rings. The SMILES string of the molecule is CCOC(=O)C1=C(CSc2ccc(F)cc2)NC(=O)N[C@@H]1c1cc(C)ccc1C. The number of hydrogen-bond donors (Lipinski definition) is 2. The molecule has 2 aromatic rings. The Morgan fingerprint density at radius 2 is 1.90 bits per heavy atom. The van der Waals surface area contributed by atoms with E-state index < -0.39 is 12.0 Å². The van der Waals surface area contributed by atoms with E-state index in [0.717, 1.165) is 21.6 Å². The third kappa shape index (κ3) is 4.98. The van der Waals surface area contributed by atoms with Crippen LogP contribution in [-0.2, 0) is 9.53 Å². The number of thioether (sulfide) groups is 1. The summed E-state index contributed by atoms with van der Waals surface area (Å²) in [4.78, 5) is 26.0. The van der Waals surface area contributed by atoms with Crippen LogP contribution < -0.4 is 10.6 Å². The lowest BCUT2D eigenvalue weighted by Gasteiger charge is -2.30. The number of nitrogens with one attached hydrogen (secondary N) is 2. The molecule has 2 N–H and O–H groups in total. The monoisotopic (exact) mass is 414 g/mol. The van der Waals surface area contributed by atoms with Gasteiger partial charge in [-0.3, -0.25) is 0 Å². The van der Waals surface area contributed by atoms with Crippen molar-refractivity contribution in [1.29, 1.82) is 0 Å². The number of ether oxygens (including phenoxy) is 1. The lowest BCUT2D eigenvalue weighted by Crippen LogP contribution is -2.46. The fourth-order valence-electron chi connectivity index (χ4n) is 3.17. The van der Waals surface area contributed by atoms with E-state index in [2.05, 4.69) is 10.6 Å². The molecule has 2 amide bonds. The summed E-state index contributed by atoms with van der Waals surface area (Å²) < 4.78 is 18.4. The molecule has 0 unspecified atom stereocenters. The highest BCUT2D eigenvalue weighted by Gasteiger charge is 2.34. The van der Waals surface area contributed by atoms with E-state index in [9.17, 15) is 14.0 Å². The molecule has 0 saturated carbocycles. The summed E-state index contributed by atoms with van der Waals surface area (Å²) in [5, 5.41) is 5.61. The van der Waals surface area contributed by atoms with Crippen LogP contribution in [0, 0.1) is 19.7 Å². The Morgan fingerprint density at radius 3 is 2.59 bits per heavy atom. The Labute approximate surface area is 173 Å². The Bertz CT molecular complexity index is 957. The number of carbonyl (C=O) groups is 2. The van der Waals surface area contributed by atoms with E-state index in [-0.39, 0.29) is 18.5 Å². The lowest BCUT2D eigenvalue weighted by atomic mass is 9.91. The standard InChI is InChI=1S/C22H23FN2O3S/c1-4-28-21(26)19-18(12-29-16-9-7-15(23)8-10-16)24-22(27)25-20(19)17-11-13(2)5-6-14(17)3/h5-11,20H,4,12H2,1-3H3,(H2,24,25,27)/t20-/m1/s1. The minimum atomic E-state index is -0.605. The highest BCUT2D eigenvalue weighted by molar-refractivity contribution is 7.99. The van der Waals surface area contributed by atoms with Crippen LogP contribution >= 0.6 is 11.8 Å². The van der Waals surface area contributed by atoms with Crippen LogP contribution in [0.3, 0.4) is 0 Å². The highest BCUT2D eigenvalue weighted by atomic mass is 32.2. The minimum Gasteiger partial charge on any atom is -0.463 e. The first kappa shape index (κ1) is 20.9. The fourth-order valence-corrected chi connectivity index (χ4v) is 4.04. The molecule has 1 aliphatic heterocycles. The predicted octanol–water partition coefficient (Wildman–Crippen LogP) is 4.41. The van der Waals surface area contributed by atoms with Crippen LogP contribution in [0.25, 0.3) is 0 Å². The van der Waals surface area contributed by atoms with Crippen molar-refractivity contribution in [2.45, 2.75) is 31.7 Å². The van der Waals surface area contributed by atoms with Crippen LogP contribution in [0.15, 0.2) is 58.6 Å². The highest BCUT2D eigenvalue weighted by Crippen LogP contribution is 2.32. The van der Waals surface area contributed by atoms with Crippen molar-refractivity contribution in [1.82, 2.24) is 10.6 Å². The van der Waals surface area contributed by atoms with Gasteiger partial charge in [-0.15, -0.1) is 11.8 Å². The quantitative estimate of drug-likeness (QED) is 0.543. The fraction of sp³-hybridized carbons (Fsp3) is 0.273. The zero-order valence-corrected chi connectivity index (χ0v) is 17.4. The van der Waals surface area contributed by atoms with Gasteiger partial charge in [0.1, 0.15) is 5.82 Å². The second kappa shape index (κ2) is 9.13. The first-order valence-electron chi connectivity index (χ1n) is 9.32. The van der Waals surface area contributed by atoms with Gasteiger partial charge in [0.25, 0.3) is 0 Å². The Morgan fingerprint density at radius 1 is 1.17 bits per heavy atom. The normalized spacial score (nSPS) is 16.3. The van der Waals surface area contributed by atoms with Crippen molar-refractivity contribution in [3.63, 3.8) is 0 Å². The number of benzene rings is 2. The summed E-state index contributed by atoms with van der Waals surface area (Å²) in [6, 6.07) is 11.0. The number of urea groups is 1. The average Bonchev–Trinajstić information content (AvgIpc) is 2.69. The van der Waals surface area contributed by atoms with Crippen molar-refractivity contribution in [3.8, 4) is 0 Å². The third-order valence-electron chi connectivity index (χ3n) is 4.59. The van der Waals surface area contributed by atoms with Gasteiger partial charge < -0.3 is 15.4 Å². The minimum absolute atomic E-state index is 0.230. The summed E-state index contributed by atoms with van der Waals surface area (Å²) in [6.45, 7) is 5.88. The molecule has 0 aromatic heterocycles. The maximum atomic E-state index is 13.1. The van der Waals surface area contributed by atoms with Gasteiger partial charge in [0.2, 0.25) is 0 Å². The summed E-state index contributed by atoms with van der Waals surface area (Å²) in [6.07, 6.45) is 0. The largest absolute Gasteiger partial charge is 0.463 e. The molecule has 1 aliphatic rings. The van der Waals surface area contributed by atoms with E-state index in [0.29, 0.717) is 17.0 Å². The number of halogens is 1. The van der Waals surface area contributed by atoms with E-state index >= 15 is 0 Å². The number of aryl methyl sites for hydroxylation is 2. The van der Waals surface area contributed by atoms with Crippen molar-refractivity contribution >= 4 is 23.8 Å². The van der Waals surface area contributed by atoms with Gasteiger partial charge in [-0.1, -0.05) is 23.8 Å². The van der Waals surface area contributed by atoms with Gasteiger partial charge in [0.15, 0.2) is 0 Å². The summed E-state index contributed by atoms with van der Waals surface area (Å²) in [7, 11) is 0. The predicted molar refractivity (Wildman–Crippen MR) is 111 cm³/mol. The maximum Gasteiger partial charge on any atom is 0.338 e. The molecule has 5 nitrogen and oxygen atoms in total. The Balaban J connectivity index is 2.00. The number of rotatable bonds is 6. The maximum absolute atomic E-state index is 13.1. The topological polar surface area (TPSA) is 67.4 Å². The van der Waals surface area contributed by atoms with E-state index in [1.807, 2.05) is 32.0 Å². The molecule has 7 heteroatoms. The van der Waals surface area contributed by atoms with Crippen molar-refractivity contribution in [2.24, 2.45) is 0 Å². The van der Waals surface area contributed by atoms with Crippen LogP contribution in [0.4, 0.5) is 9.18 Å². The van der Waals surface area contributed by atoms with Crippen molar-refractivity contribution in [2.75, 3.05) is 12.4 Å². The number of hydrogen-bond acceptors (Lipinski definition) is 4. The van der Waals surface area contributed by atoms with Crippen LogP contribution in [0.2, 0.25) is 0 Å². The summed E-state index contributed by atoms with van der Waals surface area (Å²) in [5.74, 6) is -0.444. The molecular weight excluding hydrogens is 391 g/mol. The molecule has 0 bridgehead atoms. The Hall–Kier alpha value is -2.80. The van der Waals surface area contributed by atoms with Gasteiger partial charge in [-0.25, -0.2) is 14.0 Å². The third-order valence-corrected chi connectivity index (χ3v) is 5.63. The number of amides is 2. The van der Waals surface area contributed by atoms with Crippen LogP contribution in [0.5, 0.6) is 0 Å². The van der Waals surface area contributed by atoms with Gasteiger partial charge >= 0.3 is 12.0 Å². The van der Waals surface area contributed by atoms with Crippen LogP contribution in [-0.4, -0.2) is 24.4 Å². The van der Waals surface area contributed by atoms with E-state index in [1.54, 1.807) is 19.1 Å². The number of esters is 1. The van der Waals surface area contributed by atoms with Gasteiger partial charge in [0, 0.05) is 16.3 Å². The van der Waals surface area contributed by atoms with Gasteiger partial charge in [-0.05, 0) is 56.2 Å². The molecule has 1 atom stereocenters. The lowest BCUT2D eigenvalue weighted by molar-refractivity contribution is -0.139. The Kier molecular flexibility index (Phi) is 6.59. The molecule has 0 saturated heterocycles.